The molecule has 1 amide bonds. The second kappa shape index (κ2) is 7.22. The van der Waals surface area contributed by atoms with Gasteiger partial charge in [-0.15, -0.1) is 0 Å². The lowest BCUT2D eigenvalue weighted by atomic mass is 10.1. The predicted molar refractivity (Wildman–Crippen MR) is 77.1 cm³/mol. The minimum Gasteiger partial charge on any atom is -0.389 e. The molecule has 2 N–H and O–H groups in total. The van der Waals surface area contributed by atoms with Gasteiger partial charge in [0.05, 0.1) is 5.60 Å². The largest absolute Gasteiger partial charge is 0.389 e. The van der Waals surface area contributed by atoms with Gasteiger partial charge in [0.1, 0.15) is 0 Å². The fourth-order valence-electron chi connectivity index (χ4n) is 2.33. The van der Waals surface area contributed by atoms with Gasteiger partial charge in [0.25, 0.3) is 0 Å². The summed E-state index contributed by atoms with van der Waals surface area (Å²) < 4.78 is 0. The monoisotopic (exact) mass is 271 g/mol. The van der Waals surface area contributed by atoms with Crippen LogP contribution in [0.2, 0.25) is 0 Å². The molecule has 112 valence electrons. The molecule has 5 nitrogen and oxygen atoms in total. The van der Waals surface area contributed by atoms with Gasteiger partial charge in [-0.3, -0.25) is 9.69 Å². The topological polar surface area (TPSA) is 55.8 Å². The number of aliphatic hydroxyl groups is 1. The van der Waals surface area contributed by atoms with Gasteiger partial charge in [0.15, 0.2) is 0 Å². The lowest BCUT2D eigenvalue weighted by molar-refractivity contribution is -0.133. The minimum atomic E-state index is -0.659. The van der Waals surface area contributed by atoms with Crippen LogP contribution in [0.4, 0.5) is 0 Å². The first-order valence-electron chi connectivity index (χ1n) is 7.24. The maximum atomic E-state index is 12.0. The van der Waals surface area contributed by atoms with Gasteiger partial charge in [0, 0.05) is 51.7 Å². The van der Waals surface area contributed by atoms with E-state index in [1.54, 1.807) is 0 Å². The van der Waals surface area contributed by atoms with Crippen molar-refractivity contribution >= 4 is 5.91 Å². The van der Waals surface area contributed by atoms with E-state index in [0.29, 0.717) is 19.0 Å². The smallest absolute Gasteiger partial charge is 0.223 e. The van der Waals surface area contributed by atoms with Crippen LogP contribution >= 0.6 is 0 Å². The van der Waals surface area contributed by atoms with E-state index in [0.717, 1.165) is 32.7 Å². The summed E-state index contributed by atoms with van der Waals surface area (Å²) in [5.74, 6) is 0.232. The molecular formula is C14H29N3O2. The van der Waals surface area contributed by atoms with E-state index in [-0.39, 0.29) is 5.91 Å². The first-order valence-corrected chi connectivity index (χ1v) is 7.24. The molecule has 0 radical (unpaired) electrons. The summed E-state index contributed by atoms with van der Waals surface area (Å²) >= 11 is 0. The number of nitrogens with zero attached hydrogens (tertiary/aromatic N) is 2. The zero-order chi connectivity index (χ0) is 14.5. The highest BCUT2D eigenvalue weighted by atomic mass is 16.3. The summed E-state index contributed by atoms with van der Waals surface area (Å²) in [5.41, 5.74) is -0.659. The molecule has 0 aromatic rings. The summed E-state index contributed by atoms with van der Waals surface area (Å²) in [6.07, 6.45) is 0.573. The molecule has 0 unspecified atom stereocenters. The van der Waals surface area contributed by atoms with E-state index in [2.05, 4.69) is 24.1 Å². The van der Waals surface area contributed by atoms with Crippen LogP contribution in [0.3, 0.4) is 0 Å². The van der Waals surface area contributed by atoms with Crippen LogP contribution in [0, 0.1) is 0 Å². The molecule has 1 rings (SSSR count). The molecule has 1 fully saturated rings. The zero-order valence-electron chi connectivity index (χ0n) is 12.8. The number of hydrogen-bond acceptors (Lipinski definition) is 4. The predicted octanol–water partition coefficient (Wildman–Crippen LogP) is 0.290. The Bertz CT molecular complexity index is 279. The first kappa shape index (κ1) is 16.4. The molecule has 1 saturated heterocycles. The Morgan fingerprint density at radius 3 is 2.32 bits per heavy atom. The average molecular weight is 271 g/mol. The Morgan fingerprint density at radius 1 is 1.26 bits per heavy atom. The number of amides is 1. The van der Waals surface area contributed by atoms with Crippen molar-refractivity contribution in [3.8, 4) is 0 Å². The lowest BCUT2D eigenvalue weighted by Gasteiger charge is -2.37. The van der Waals surface area contributed by atoms with Crippen LogP contribution in [-0.4, -0.2) is 71.7 Å². The Balaban J connectivity index is 2.23. The van der Waals surface area contributed by atoms with Crippen molar-refractivity contribution in [2.45, 2.75) is 45.8 Å². The number of rotatable bonds is 6. The molecule has 1 aliphatic rings. The second-order valence-electron chi connectivity index (χ2n) is 6.33. The Kier molecular flexibility index (Phi) is 6.23. The Hall–Kier alpha value is -0.650. The van der Waals surface area contributed by atoms with E-state index in [4.69, 9.17) is 0 Å². The third-order valence-corrected chi connectivity index (χ3v) is 3.23. The number of nitrogens with one attached hydrogen (secondary N) is 1. The SMILES string of the molecule is CC(C)NCCC(=O)N1CCN(CC(C)(C)O)CC1. The van der Waals surface area contributed by atoms with Gasteiger partial charge in [-0.2, -0.15) is 0 Å². The van der Waals surface area contributed by atoms with Crippen molar-refractivity contribution in [1.82, 2.24) is 15.1 Å². The highest BCUT2D eigenvalue weighted by molar-refractivity contribution is 5.76. The van der Waals surface area contributed by atoms with Crippen molar-refractivity contribution in [2.24, 2.45) is 0 Å². The quantitative estimate of drug-likeness (QED) is 0.729. The number of β-amino-alcohol motifs (C(OH)–C–C–N with tert-alkyl or cyclic N) is 1. The maximum absolute atomic E-state index is 12.0. The van der Waals surface area contributed by atoms with E-state index in [1.807, 2.05) is 18.7 Å². The van der Waals surface area contributed by atoms with Crippen molar-refractivity contribution < 1.29 is 9.90 Å². The lowest BCUT2D eigenvalue weighted by Crippen LogP contribution is -2.52. The third kappa shape index (κ3) is 6.89. The summed E-state index contributed by atoms with van der Waals surface area (Å²) in [7, 11) is 0. The highest BCUT2D eigenvalue weighted by Gasteiger charge is 2.24. The van der Waals surface area contributed by atoms with Crippen molar-refractivity contribution in [3.63, 3.8) is 0 Å². The van der Waals surface area contributed by atoms with E-state index >= 15 is 0 Å². The zero-order valence-corrected chi connectivity index (χ0v) is 12.8. The molecule has 0 aromatic heterocycles. The van der Waals surface area contributed by atoms with Crippen LogP contribution in [0.25, 0.3) is 0 Å². The van der Waals surface area contributed by atoms with Crippen LogP contribution in [0.5, 0.6) is 0 Å². The van der Waals surface area contributed by atoms with Crippen LogP contribution in [0.15, 0.2) is 0 Å². The summed E-state index contributed by atoms with van der Waals surface area (Å²) in [6.45, 7) is 12.5. The van der Waals surface area contributed by atoms with Gasteiger partial charge in [-0.1, -0.05) is 13.8 Å². The molecule has 1 aliphatic heterocycles. The fraction of sp³-hybridized carbons (Fsp3) is 0.929. The fourth-order valence-corrected chi connectivity index (χ4v) is 2.33. The first-order chi connectivity index (χ1) is 8.78. The van der Waals surface area contributed by atoms with Gasteiger partial charge in [0.2, 0.25) is 5.91 Å². The molecule has 0 saturated carbocycles. The molecule has 0 aliphatic carbocycles. The summed E-state index contributed by atoms with van der Waals surface area (Å²) in [5, 5.41) is 13.0. The molecule has 1 heterocycles. The molecule has 0 atom stereocenters. The van der Waals surface area contributed by atoms with Gasteiger partial charge in [-0.25, -0.2) is 0 Å². The normalized spacial score (nSPS) is 18.1. The Labute approximate surface area is 117 Å². The van der Waals surface area contributed by atoms with E-state index in [9.17, 15) is 9.90 Å². The molecule has 19 heavy (non-hydrogen) atoms. The van der Waals surface area contributed by atoms with E-state index < -0.39 is 5.60 Å². The molecule has 5 heteroatoms. The van der Waals surface area contributed by atoms with Crippen LogP contribution in [-0.2, 0) is 4.79 Å². The number of carbonyl (C=O) groups is 1. The third-order valence-electron chi connectivity index (χ3n) is 3.23. The number of piperazine rings is 1. The average Bonchev–Trinajstić information content (AvgIpc) is 2.27. The van der Waals surface area contributed by atoms with E-state index in [1.165, 1.54) is 0 Å². The number of carbonyl (C=O) groups excluding carboxylic acids is 1. The van der Waals surface area contributed by atoms with Gasteiger partial charge >= 0.3 is 0 Å². The van der Waals surface area contributed by atoms with Crippen LogP contribution in [0.1, 0.15) is 34.1 Å². The highest BCUT2D eigenvalue weighted by Crippen LogP contribution is 2.09. The molecular weight excluding hydrogens is 242 g/mol. The molecule has 0 bridgehead atoms. The minimum absolute atomic E-state index is 0.232. The molecule has 0 aromatic carbocycles. The molecule has 0 spiro atoms. The van der Waals surface area contributed by atoms with Gasteiger partial charge in [-0.05, 0) is 13.8 Å². The van der Waals surface area contributed by atoms with Crippen LogP contribution < -0.4 is 5.32 Å². The van der Waals surface area contributed by atoms with Crippen molar-refractivity contribution in [3.05, 3.63) is 0 Å². The van der Waals surface area contributed by atoms with Crippen molar-refractivity contribution in [2.75, 3.05) is 39.3 Å². The van der Waals surface area contributed by atoms with Gasteiger partial charge < -0.3 is 15.3 Å². The summed E-state index contributed by atoms with van der Waals surface area (Å²) in [6, 6.07) is 0.427. The van der Waals surface area contributed by atoms with Crippen molar-refractivity contribution in [1.29, 1.82) is 0 Å². The standard InChI is InChI=1S/C14H29N3O2/c1-12(2)15-6-5-13(18)17-9-7-16(8-10-17)11-14(3,4)19/h12,15,19H,5-11H2,1-4H3. The Morgan fingerprint density at radius 2 is 1.84 bits per heavy atom. The number of hydrogen-bond donors (Lipinski definition) is 2. The maximum Gasteiger partial charge on any atom is 0.223 e. The summed E-state index contributed by atoms with van der Waals surface area (Å²) in [4.78, 5) is 16.1. The second-order valence-corrected chi connectivity index (χ2v) is 6.33.